The zero-order valence-electron chi connectivity index (χ0n) is 15.9. The van der Waals surface area contributed by atoms with Crippen LogP contribution in [0, 0.1) is 5.41 Å². The van der Waals surface area contributed by atoms with Gasteiger partial charge in [0.15, 0.2) is 6.29 Å². The maximum atomic E-state index is 12.8. The number of likely N-dealkylation sites (tertiary alicyclic amines) is 1. The fraction of sp³-hybridized carbons (Fsp3) is 0.333. The van der Waals surface area contributed by atoms with Crippen LogP contribution in [0.3, 0.4) is 0 Å². The molecule has 1 aliphatic rings. The number of carbonyl (C=O) groups is 2. The lowest BCUT2D eigenvalue weighted by Gasteiger charge is -2.41. The Balaban J connectivity index is 1.73. The summed E-state index contributed by atoms with van der Waals surface area (Å²) in [4.78, 5) is 27.6. The number of hydrogen-bond donors (Lipinski definition) is 3. The normalized spacial score (nSPS) is 17.3. The van der Waals surface area contributed by atoms with Gasteiger partial charge in [0.25, 0.3) is 5.91 Å². The molecule has 0 bridgehead atoms. The van der Waals surface area contributed by atoms with Crippen molar-refractivity contribution in [1.29, 1.82) is 0 Å². The number of piperidine rings is 1. The Labute approximate surface area is 175 Å². The first-order valence-electron chi connectivity index (χ1n) is 9.20. The second-order valence-corrected chi connectivity index (χ2v) is 8.62. The van der Waals surface area contributed by atoms with E-state index >= 15 is 0 Å². The Hall–Kier alpha value is -2.09. The monoisotopic (exact) mass is 415 g/mol. The SMILES string of the molecule is CN1CCC(CNC(=O)c2cccc(-c3ccc(C=O)s3)c2)(/C(N)=C/S)CC1. The lowest BCUT2D eigenvalue weighted by molar-refractivity contribution is 0.0906. The third-order valence-corrected chi connectivity index (χ3v) is 6.77. The van der Waals surface area contributed by atoms with Gasteiger partial charge in [-0.1, -0.05) is 12.1 Å². The van der Waals surface area contributed by atoms with Gasteiger partial charge in [0.1, 0.15) is 0 Å². The minimum absolute atomic E-state index is 0.126. The van der Waals surface area contributed by atoms with Gasteiger partial charge in [0.05, 0.1) is 4.88 Å². The van der Waals surface area contributed by atoms with Crippen LogP contribution < -0.4 is 11.1 Å². The van der Waals surface area contributed by atoms with Crippen molar-refractivity contribution in [1.82, 2.24) is 10.2 Å². The van der Waals surface area contributed by atoms with E-state index < -0.39 is 0 Å². The number of carbonyl (C=O) groups excluding carboxylic acids is 2. The molecular weight excluding hydrogens is 390 g/mol. The van der Waals surface area contributed by atoms with Crippen molar-refractivity contribution >= 4 is 36.2 Å². The highest BCUT2D eigenvalue weighted by atomic mass is 32.1. The van der Waals surface area contributed by atoms with Gasteiger partial charge in [0, 0.05) is 28.1 Å². The Morgan fingerprint density at radius 1 is 1.32 bits per heavy atom. The van der Waals surface area contributed by atoms with E-state index in [1.807, 2.05) is 24.3 Å². The van der Waals surface area contributed by atoms with Crippen molar-refractivity contribution in [2.45, 2.75) is 12.8 Å². The number of rotatable bonds is 6. The first kappa shape index (κ1) is 20.6. The Morgan fingerprint density at radius 3 is 2.71 bits per heavy atom. The third kappa shape index (κ3) is 4.48. The number of nitrogens with zero attached hydrogens (tertiary/aromatic N) is 1. The molecule has 1 saturated heterocycles. The molecule has 1 aliphatic heterocycles. The van der Waals surface area contributed by atoms with E-state index in [4.69, 9.17) is 5.73 Å². The van der Waals surface area contributed by atoms with Gasteiger partial charge in [-0.3, -0.25) is 9.59 Å². The van der Waals surface area contributed by atoms with E-state index in [9.17, 15) is 9.59 Å². The summed E-state index contributed by atoms with van der Waals surface area (Å²) >= 11 is 5.66. The molecule has 2 aromatic rings. The van der Waals surface area contributed by atoms with Gasteiger partial charge < -0.3 is 16.0 Å². The van der Waals surface area contributed by atoms with Gasteiger partial charge in [-0.25, -0.2) is 0 Å². The van der Waals surface area contributed by atoms with Crippen molar-refractivity contribution in [3.8, 4) is 10.4 Å². The molecule has 0 unspecified atom stereocenters. The predicted octanol–water partition coefficient (Wildman–Crippen LogP) is 3.40. The first-order valence-corrected chi connectivity index (χ1v) is 10.5. The topological polar surface area (TPSA) is 75.4 Å². The average Bonchev–Trinajstić information content (AvgIpc) is 3.22. The van der Waals surface area contributed by atoms with Crippen LogP contribution in [-0.2, 0) is 0 Å². The molecule has 0 radical (unpaired) electrons. The molecule has 0 atom stereocenters. The highest BCUT2D eigenvalue weighted by Gasteiger charge is 2.36. The molecule has 1 aromatic heterocycles. The fourth-order valence-electron chi connectivity index (χ4n) is 3.49. The van der Waals surface area contributed by atoms with E-state index in [0.717, 1.165) is 48.4 Å². The van der Waals surface area contributed by atoms with Crippen LogP contribution in [0.1, 0.15) is 32.9 Å². The van der Waals surface area contributed by atoms with Crippen LogP contribution in [0.15, 0.2) is 47.5 Å². The number of nitrogens with one attached hydrogen (secondary N) is 1. The molecule has 0 saturated carbocycles. The Kier molecular flexibility index (Phi) is 6.59. The molecular formula is C21H25N3O2S2. The Bertz CT molecular complexity index is 883. The molecule has 2 heterocycles. The third-order valence-electron chi connectivity index (χ3n) is 5.44. The smallest absolute Gasteiger partial charge is 0.251 e. The lowest BCUT2D eigenvalue weighted by atomic mass is 9.76. The van der Waals surface area contributed by atoms with E-state index in [1.165, 1.54) is 11.3 Å². The molecule has 5 nitrogen and oxygen atoms in total. The molecule has 3 rings (SSSR count). The van der Waals surface area contributed by atoms with E-state index in [-0.39, 0.29) is 11.3 Å². The van der Waals surface area contributed by atoms with Crippen LogP contribution >= 0.6 is 24.0 Å². The lowest BCUT2D eigenvalue weighted by Crippen LogP contribution is -2.47. The van der Waals surface area contributed by atoms with Crippen LogP contribution in [-0.4, -0.2) is 43.8 Å². The Morgan fingerprint density at radius 2 is 2.07 bits per heavy atom. The standard InChI is InChI=1S/C21H25N3O2S2/c1-24-9-7-21(8-10-24,19(22)13-27)14-23-20(26)16-4-2-3-15(11-16)18-6-5-17(12-25)28-18/h2-6,11-13,27H,7-10,14,22H2,1H3,(H,23,26)/b19-13-. The molecule has 0 aliphatic carbocycles. The molecule has 1 aromatic carbocycles. The molecule has 7 heteroatoms. The molecule has 148 valence electrons. The van der Waals surface area contributed by atoms with Crippen molar-refractivity contribution in [3.05, 3.63) is 57.9 Å². The van der Waals surface area contributed by atoms with Crippen LogP contribution in [0.5, 0.6) is 0 Å². The fourth-order valence-corrected chi connectivity index (χ4v) is 4.58. The van der Waals surface area contributed by atoms with Crippen molar-refractivity contribution in [3.63, 3.8) is 0 Å². The molecule has 1 amide bonds. The van der Waals surface area contributed by atoms with Crippen molar-refractivity contribution in [2.75, 3.05) is 26.7 Å². The minimum atomic E-state index is -0.256. The van der Waals surface area contributed by atoms with E-state index in [2.05, 4.69) is 29.9 Å². The van der Waals surface area contributed by atoms with Gasteiger partial charge in [0.2, 0.25) is 0 Å². The zero-order valence-corrected chi connectivity index (χ0v) is 17.6. The van der Waals surface area contributed by atoms with Gasteiger partial charge in [-0.2, -0.15) is 0 Å². The number of nitrogens with two attached hydrogens (primary N) is 1. The minimum Gasteiger partial charge on any atom is -0.401 e. The molecule has 3 N–H and O–H groups in total. The summed E-state index contributed by atoms with van der Waals surface area (Å²) in [5, 5.41) is 4.72. The van der Waals surface area contributed by atoms with Crippen molar-refractivity contribution < 1.29 is 9.59 Å². The number of thiophene rings is 1. The molecule has 28 heavy (non-hydrogen) atoms. The van der Waals surface area contributed by atoms with Crippen LogP contribution in [0.2, 0.25) is 0 Å². The summed E-state index contributed by atoms with van der Waals surface area (Å²) < 4.78 is 0. The second kappa shape index (κ2) is 8.94. The van der Waals surface area contributed by atoms with Crippen LogP contribution in [0.4, 0.5) is 0 Å². The highest BCUT2D eigenvalue weighted by molar-refractivity contribution is 7.83. The quantitative estimate of drug-likeness (QED) is 0.499. The van der Waals surface area contributed by atoms with E-state index in [0.29, 0.717) is 17.0 Å². The van der Waals surface area contributed by atoms with Gasteiger partial charge in [-0.05, 0) is 68.2 Å². The van der Waals surface area contributed by atoms with Crippen molar-refractivity contribution in [2.24, 2.45) is 11.1 Å². The number of thiol groups is 1. The summed E-state index contributed by atoms with van der Waals surface area (Å²) in [7, 11) is 2.09. The molecule has 0 spiro atoms. The number of amides is 1. The number of hydrogen-bond acceptors (Lipinski definition) is 6. The summed E-state index contributed by atoms with van der Waals surface area (Å²) in [6.45, 7) is 2.36. The number of aldehydes is 1. The molecule has 1 fully saturated rings. The second-order valence-electron chi connectivity index (χ2n) is 7.25. The largest absolute Gasteiger partial charge is 0.401 e. The maximum Gasteiger partial charge on any atom is 0.251 e. The first-order chi connectivity index (χ1) is 13.5. The summed E-state index contributed by atoms with van der Waals surface area (Å²) in [6, 6.07) is 11.1. The van der Waals surface area contributed by atoms with E-state index in [1.54, 1.807) is 17.5 Å². The maximum absolute atomic E-state index is 12.8. The zero-order chi connectivity index (χ0) is 20.1. The van der Waals surface area contributed by atoms with Crippen LogP contribution in [0.25, 0.3) is 10.4 Å². The summed E-state index contributed by atoms with van der Waals surface area (Å²) in [5.74, 6) is -0.126. The summed E-state index contributed by atoms with van der Waals surface area (Å²) in [5.41, 5.74) is 8.24. The highest BCUT2D eigenvalue weighted by Crippen LogP contribution is 2.36. The van der Waals surface area contributed by atoms with Gasteiger partial charge in [-0.15, -0.1) is 24.0 Å². The van der Waals surface area contributed by atoms with Gasteiger partial charge >= 0.3 is 0 Å². The predicted molar refractivity (Wildman–Crippen MR) is 118 cm³/mol. The summed E-state index contributed by atoms with van der Waals surface area (Å²) in [6.07, 6.45) is 2.61. The number of benzene rings is 1. The average molecular weight is 416 g/mol.